The second kappa shape index (κ2) is 4.25. The van der Waals surface area contributed by atoms with E-state index in [2.05, 4.69) is 17.2 Å². The highest BCUT2D eigenvalue weighted by Crippen LogP contribution is 1.92. The van der Waals surface area contributed by atoms with Crippen LogP contribution in [0.2, 0.25) is 0 Å². The Bertz CT molecular complexity index is 165. The van der Waals surface area contributed by atoms with Gasteiger partial charge in [0.15, 0.2) is 5.11 Å². The molecule has 0 spiro atoms. The third kappa shape index (κ3) is 3.29. The second-order valence-electron chi connectivity index (χ2n) is 2.23. The zero-order chi connectivity index (χ0) is 8.10. The van der Waals surface area contributed by atoms with Crippen LogP contribution in [0.25, 0.3) is 0 Å². The van der Waals surface area contributed by atoms with E-state index in [1.807, 2.05) is 4.90 Å². The summed E-state index contributed by atoms with van der Waals surface area (Å²) in [5.74, 6) is 0. The maximum atomic E-state index is 5.19. The molecule has 1 fully saturated rings. The van der Waals surface area contributed by atoms with Crippen LogP contribution in [0, 0.1) is 0 Å². The largest absolute Gasteiger partial charge is 0.378 e. The minimum absolute atomic E-state index is 0.177. The van der Waals surface area contributed by atoms with Crippen molar-refractivity contribution in [1.29, 1.82) is 0 Å². The van der Waals surface area contributed by atoms with Gasteiger partial charge in [-0.2, -0.15) is 0 Å². The van der Waals surface area contributed by atoms with Gasteiger partial charge in [0.05, 0.1) is 19.6 Å². The van der Waals surface area contributed by atoms with Crippen molar-refractivity contribution in [1.82, 2.24) is 4.90 Å². The van der Waals surface area contributed by atoms with Crippen molar-refractivity contribution in [2.45, 2.75) is 0 Å². The molecule has 0 aromatic carbocycles. The Labute approximate surface area is 71.0 Å². The molecular weight excluding hydrogens is 162 g/mol. The minimum atomic E-state index is 0.177. The van der Waals surface area contributed by atoms with Gasteiger partial charge in [-0.1, -0.05) is 0 Å². The van der Waals surface area contributed by atoms with Crippen molar-refractivity contribution < 1.29 is 4.74 Å². The van der Waals surface area contributed by atoms with Crippen LogP contribution < -0.4 is 5.73 Å². The summed E-state index contributed by atoms with van der Waals surface area (Å²) < 4.78 is 5.14. The van der Waals surface area contributed by atoms with Crippen molar-refractivity contribution in [3.05, 3.63) is 0 Å². The molecule has 2 N–H and O–H groups in total. The molecule has 11 heavy (non-hydrogen) atoms. The molecule has 0 unspecified atom stereocenters. The third-order valence-electron chi connectivity index (χ3n) is 1.39. The molecule has 4 nitrogen and oxygen atoms in total. The van der Waals surface area contributed by atoms with Gasteiger partial charge in [0, 0.05) is 13.1 Å². The van der Waals surface area contributed by atoms with Crippen molar-refractivity contribution in [3.63, 3.8) is 0 Å². The van der Waals surface area contributed by atoms with E-state index in [0.717, 1.165) is 26.3 Å². The molecule has 5 heteroatoms. The standard InChI is InChI=1S/C6H11N3OS/c7-6(11)8-5-9-1-3-10-4-2-9/h5H,1-4H2,(H2,7,11)/b8-5+. The van der Waals surface area contributed by atoms with Crippen molar-refractivity contribution in [2.75, 3.05) is 26.3 Å². The Morgan fingerprint density at radius 1 is 1.55 bits per heavy atom. The number of thiocarbonyl (C=S) groups is 1. The van der Waals surface area contributed by atoms with Gasteiger partial charge in [-0.3, -0.25) is 0 Å². The fourth-order valence-corrected chi connectivity index (χ4v) is 0.879. The number of nitrogens with zero attached hydrogens (tertiary/aromatic N) is 2. The van der Waals surface area contributed by atoms with Crippen molar-refractivity contribution >= 4 is 23.7 Å². The van der Waals surface area contributed by atoms with Gasteiger partial charge in [0.2, 0.25) is 0 Å². The first-order chi connectivity index (χ1) is 5.29. The summed E-state index contributed by atoms with van der Waals surface area (Å²) in [6, 6.07) is 0. The van der Waals surface area contributed by atoms with Crippen LogP contribution in [0.4, 0.5) is 0 Å². The first-order valence-electron chi connectivity index (χ1n) is 3.44. The van der Waals surface area contributed by atoms with Gasteiger partial charge in [-0.15, -0.1) is 0 Å². The lowest BCUT2D eigenvalue weighted by atomic mass is 10.5. The summed E-state index contributed by atoms with van der Waals surface area (Å²) in [5.41, 5.74) is 5.19. The molecule has 1 saturated heterocycles. The van der Waals surface area contributed by atoms with Gasteiger partial charge >= 0.3 is 0 Å². The molecule has 1 rings (SSSR count). The van der Waals surface area contributed by atoms with Crippen LogP contribution >= 0.6 is 12.2 Å². The molecule has 1 heterocycles. The molecule has 0 bridgehead atoms. The Hall–Kier alpha value is -0.680. The first kappa shape index (κ1) is 8.42. The molecule has 1 aliphatic rings. The number of rotatable bonds is 1. The van der Waals surface area contributed by atoms with Gasteiger partial charge in [0.25, 0.3) is 0 Å². The van der Waals surface area contributed by atoms with Crippen LogP contribution in [-0.4, -0.2) is 42.7 Å². The number of ether oxygens (including phenoxy) is 1. The van der Waals surface area contributed by atoms with Crippen LogP contribution in [0.3, 0.4) is 0 Å². The maximum absolute atomic E-state index is 5.19. The molecule has 0 aromatic rings. The summed E-state index contributed by atoms with van der Waals surface area (Å²) in [6.45, 7) is 3.24. The van der Waals surface area contributed by atoms with E-state index in [-0.39, 0.29) is 5.11 Å². The molecule has 1 aliphatic heterocycles. The Kier molecular flexibility index (Phi) is 3.25. The Morgan fingerprint density at radius 3 is 2.73 bits per heavy atom. The van der Waals surface area contributed by atoms with Crippen molar-refractivity contribution in [3.8, 4) is 0 Å². The van der Waals surface area contributed by atoms with Crippen LogP contribution in [0.15, 0.2) is 4.99 Å². The van der Waals surface area contributed by atoms with Gasteiger partial charge in [-0.25, -0.2) is 4.99 Å². The average molecular weight is 173 g/mol. The fourth-order valence-electron chi connectivity index (χ4n) is 0.831. The van der Waals surface area contributed by atoms with E-state index in [9.17, 15) is 0 Å². The van der Waals surface area contributed by atoms with Crippen molar-refractivity contribution in [2.24, 2.45) is 10.7 Å². The lowest BCUT2D eigenvalue weighted by molar-refractivity contribution is 0.0701. The minimum Gasteiger partial charge on any atom is -0.378 e. The van der Waals surface area contributed by atoms with Gasteiger partial charge in [0.1, 0.15) is 0 Å². The maximum Gasteiger partial charge on any atom is 0.191 e. The second-order valence-corrected chi connectivity index (χ2v) is 2.65. The third-order valence-corrected chi connectivity index (χ3v) is 1.50. The van der Waals surface area contributed by atoms with E-state index in [4.69, 9.17) is 10.5 Å². The summed E-state index contributed by atoms with van der Waals surface area (Å²) in [7, 11) is 0. The van der Waals surface area contributed by atoms with E-state index >= 15 is 0 Å². The summed E-state index contributed by atoms with van der Waals surface area (Å²) in [5, 5.41) is 0.177. The van der Waals surface area contributed by atoms with Gasteiger partial charge in [-0.05, 0) is 12.2 Å². The smallest absolute Gasteiger partial charge is 0.191 e. The molecule has 62 valence electrons. The Balaban J connectivity index is 2.29. The Morgan fingerprint density at radius 2 is 2.18 bits per heavy atom. The summed E-state index contributed by atoms with van der Waals surface area (Å²) >= 11 is 4.59. The molecule has 0 amide bonds. The molecule has 0 aromatic heterocycles. The first-order valence-corrected chi connectivity index (χ1v) is 3.85. The molecule has 0 saturated carbocycles. The molecule has 0 radical (unpaired) electrons. The number of hydrogen-bond acceptors (Lipinski definition) is 2. The highest BCUT2D eigenvalue weighted by atomic mass is 32.1. The number of nitrogens with two attached hydrogens (primary N) is 1. The normalized spacial score (nSPS) is 19.1. The molecule has 0 aliphatic carbocycles. The van der Waals surface area contributed by atoms with E-state index in [1.54, 1.807) is 6.34 Å². The SMILES string of the molecule is NC(=S)/N=C/N1CCOCC1. The van der Waals surface area contributed by atoms with Crippen LogP contribution in [0.5, 0.6) is 0 Å². The predicted molar refractivity (Wildman–Crippen MR) is 47.7 cm³/mol. The highest BCUT2D eigenvalue weighted by molar-refractivity contribution is 7.80. The quantitative estimate of drug-likeness (QED) is 0.333. The molecular formula is C6H11N3OS. The van der Waals surface area contributed by atoms with Gasteiger partial charge < -0.3 is 15.4 Å². The number of morpholine rings is 1. The number of hydrogen-bond donors (Lipinski definition) is 1. The van der Waals surface area contributed by atoms with E-state index in [1.165, 1.54) is 0 Å². The summed E-state index contributed by atoms with van der Waals surface area (Å²) in [4.78, 5) is 5.83. The predicted octanol–water partition coefficient (Wildman–Crippen LogP) is -0.410. The average Bonchev–Trinajstić information content (AvgIpc) is 2.03. The summed E-state index contributed by atoms with van der Waals surface area (Å²) in [6.07, 6.45) is 1.67. The molecule has 0 atom stereocenters. The van der Waals surface area contributed by atoms with E-state index < -0.39 is 0 Å². The zero-order valence-corrected chi connectivity index (χ0v) is 7.01. The van der Waals surface area contributed by atoms with Crippen LogP contribution in [0.1, 0.15) is 0 Å². The topological polar surface area (TPSA) is 50.8 Å². The lowest BCUT2D eigenvalue weighted by Gasteiger charge is -2.23. The highest BCUT2D eigenvalue weighted by Gasteiger charge is 2.05. The van der Waals surface area contributed by atoms with E-state index in [0.29, 0.717) is 0 Å². The number of aliphatic imine (C=N–C) groups is 1. The zero-order valence-electron chi connectivity index (χ0n) is 6.19. The fraction of sp³-hybridized carbons (Fsp3) is 0.667. The van der Waals surface area contributed by atoms with Crippen LogP contribution in [-0.2, 0) is 4.74 Å². The lowest BCUT2D eigenvalue weighted by Crippen LogP contribution is -2.35. The monoisotopic (exact) mass is 173 g/mol.